The summed E-state index contributed by atoms with van der Waals surface area (Å²) in [4.78, 5) is 28.1. The fourth-order valence-electron chi connectivity index (χ4n) is 19.0. The van der Waals surface area contributed by atoms with Crippen molar-refractivity contribution >= 4 is 11.6 Å². The molecule has 0 unspecified atom stereocenters. The fraction of sp³-hybridized carbons (Fsp3) is 0.828. The Morgan fingerprint density at radius 2 is 0.790 bits per heavy atom. The number of rotatable bonds is 0. The van der Waals surface area contributed by atoms with Gasteiger partial charge in [0.25, 0.3) is 0 Å². The van der Waals surface area contributed by atoms with Crippen molar-refractivity contribution in [3.8, 4) is 0 Å². The first-order valence-electron chi connectivity index (χ1n) is 25.8. The van der Waals surface area contributed by atoms with E-state index in [1.54, 1.807) is 22.3 Å². The molecule has 0 aromatic carbocycles. The molecule has 0 bridgehead atoms. The molecule has 12 atom stereocenters. The molecule has 344 valence electrons. The summed E-state index contributed by atoms with van der Waals surface area (Å²) in [5.41, 5.74) is 9.88. The number of fused-ring (bicyclic) bond motifs is 12. The highest BCUT2D eigenvalue weighted by Gasteiger charge is 2.70. The highest BCUT2D eigenvalue weighted by Crippen LogP contribution is 2.75. The number of allylic oxidation sites excluding steroid dienone is 8. The highest BCUT2D eigenvalue weighted by atomic mass is 16.3. The Bertz CT molecular complexity index is 1920. The second-order valence-electron chi connectivity index (χ2n) is 28.1. The minimum Gasteiger partial charge on any atom is -0.393 e. The second-order valence-corrected chi connectivity index (χ2v) is 28.1. The molecule has 0 aliphatic heterocycles. The maximum absolute atomic E-state index is 14.1. The lowest BCUT2D eigenvalue weighted by Gasteiger charge is -2.68. The van der Waals surface area contributed by atoms with Crippen LogP contribution >= 0.6 is 0 Å². The van der Waals surface area contributed by atoms with Crippen LogP contribution in [0.2, 0.25) is 0 Å². The topological polar surface area (TPSA) is 74.6 Å². The van der Waals surface area contributed by atoms with Crippen LogP contribution in [0.5, 0.6) is 0 Å². The standard InChI is InChI=1S/2C29H44O2/c2*1-25(2)12-8-18-9-14-28(6)20(19(18)17-25)16-21(30)24-27(5)13-11-23(31)26(3,4)22(27)10-15-29(24,28)7/h2*16,22-24,31H,8-15,17H2,1-7H3/t2*22-,23-,24+,27-,28+,29+/m00/s1. The van der Waals surface area contributed by atoms with Crippen molar-refractivity contribution in [1.82, 2.24) is 0 Å². The van der Waals surface area contributed by atoms with Gasteiger partial charge in [0.05, 0.1) is 12.2 Å². The molecule has 0 aromatic heterocycles. The molecule has 10 rings (SSSR count). The predicted octanol–water partition coefficient (Wildman–Crippen LogP) is 14.0. The van der Waals surface area contributed by atoms with E-state index >= 15 is 0 Å². The molecular weight excluding hydrogens is 761 g/mol. The van der Waals surface area contributed by atoms with E-state index in [9.17, 15) is 19.8 Å². The molecule has 0 radical (unpaired) electrons. The number of ketones is 2. The van der Waals surface area contributed by atoms with Gasteiger partial charge in [-0.15, -0.1) is 0 Å². The number of hydrogen-bond donors (Lipinski definition) is 2. The third-order valence-corrected chi connectivity index (χ3v) is 23.2. The Hall–Kier alpha value is -1.78. The predicted molar refractivity (Wildman–Crippen MR) is 253 cm³/mol. The summed E-state index contributed by atoms with van der Waals surface area (Å²) in [6.45, 7) is 33.4. The molecule has 0 aromatic rings. The van der Waals surface area contributed by atoms with Crippen molar-refractivity contribution in [2.75, 3.05) is 0 Å². The van der Waals surface area contributed by atoms with E-state index in [4.69, 9.17) is 0 Å². The van der Waals surface area contributed by atoms with Gasteiger partial charge in [0, 0.05) is 11.8 Å². The van der Waals surface area contributed by atoms with E-state index in [1.807, 2.05) is 0 Å². The smallest absolute Gasteiger partial charge is 0.160 e. The average Bonchev–Trinajstić information content (AvgIpc) is 3.16. The Kier molecular flexibility index (Phi) is 10.2. The van der Waals surface area contributed by atoms with Gasteiger partial charge >= 0.3 is 0 Å². The Morgan fingerprint density at radius 3 is 1.15 bits per heavy atom. The molecule has 4 saturated carbocycles. The number of aliphatic hydroxyl groups excluding tert-OH is 2. The second kappa shape index (κ2) is 13.9. The van der Waals surface area contributed by atoms with Crippen molar-refractivity contribution in [2.45, 2.75) is 225 Å². The average molecular weight is 849 g/mol. The van der Waals surface area contributed by atoms with E-state index in [-0.39, 0.29) is 67.4 Å². The van der Waals surface area contributed by atoms with Crippen molar-refractivity contribution in [3.05, 3.63) is 45.6 Å². The molecule has 4 nitrogen and oxygen atoms in total. The lowest BCUT2D eigenvalue weighted by Crippen LogP contribution is -2.65. The van der Waals surface area contributed by atoms with Crippen LogP contribution in [0, 0.1) is 77.8 Å². The third kappa shape index (κ3) is 6.00. The third-order valence-electron chi connectivity index (χ3n) is 23.2. The maximum Gasteiger partial charge on any atom is 0.160 e. The molecule has 10 aliphatic rings. The van der Waals surface area contributed by atoms with Crippen LogP contribution in [0.3, 0.4) is 0 Å². The number of hydrogen-bond acceptors (Lipinski definition) is 4. The summed E-state index contributed by atoms with van der Waals surface area (Å²) >= 11 is 0. The summed E-state index contributed by atoms with van der Waals surface area (Å²) in [5.74, 6) is 1.78. The SMILES string of the molecule is CC1(C)CCC2=C(C1)C1=CC(=O)[C@@H]3[C@@]4(C)CC[C@H](O)C(C)(C)[C@@H]4CC[C@@]3(C)[C@]1(C)CC2.CC1(C)CCC2=C(C1)C1=CC(=O)[C@@H]3[C@@]4(C)CC[C@H](O)C(C)(C)[C@@H]4CC[C@@]3(C)[C@]1(C)CC2. The number of carbonyl (C=O) groups excluding carboxylic acids is 2. The minimum absolute atomic E-state index is 0.0118. The van der Waals surface area contributed by atoms with Gasteiger partial charge in [0.15, 0.2) is 11.6 Å². The first-order chi connectivity index (χ1) is 28.5. The normalized spacial score (nSPS) is 48.2. The van der Waals surface area contributed by atoms with Crippen molar-refractivity contribution in [2.24, 2.45) is 77.8 Å². The van der Waals surface area contributed by atoms with Gasteiger partial charge in [-0.1, -0.05) is 108 Å². The Morgan fingerprint density at radius 1 is 0.452 bits per heavy atom. The number of aliphatic hydroxyl groups is 2. The van der Waals surface area contributed by atoms with Gasteiger partial charge in [0.2, 0.25) is 0 Å². The molecule has 4 fully saturated rings. The summed E-state index contributed by atoms with van der Waals surface area (Å²) in [6.07, 6.45) is 24.0. The van der Waals surface area contributed by atoms with Gasteiger partial charge in [-0.2, -0.15) is 0 Å². The largest absolute Gasteiger partial charge is 0.393 e. The first-order valence-corrected chi connectivity index (χ1v) is 25.8. The van der Waals surface area contributed by atoms with Crippen LogP contribution in [-0.2, 0) is 9.59 Å². The van der Waals surface area contributed by atoms with Crippen LogP contribution in [0.4, 0.5) is 0 Å². The molecule has 62 heavy (non-hydrogen) atoms. The molecular formula is C58H88O4. The summed E-state index contributed by atoms with van der Waals surface area (Å²) in [7, 11) is 0. The van der Waals surface area contributed by atoms with Gasteiger partial charge in [-0.05, 0) is 216 Å². The fourth-order valence-corrected chi connectivity index (χ4v) is 19.0. The van der Waals surface area contributed by atoms with E-state index < -0.39 is 0 Å². The van der Waals surface area contributed by atoms with Crippen LogP contribution in [0.15, 0.2) is 45.6 Å². The van der Waals surface area contributed by atoms with Crippen molar-refractivity contribution < 1.29 is 19.8 Å². The lowest BCUT2D eigenvalue weighted by atomic mass is 9.35. The molecule has 0 amide bonds. The highest BCUT2D eigenvalue weighted by molar-refractivity contribution is 5.97. The van der Waals surface area contributed by atoms with E-state index in [2.05, 4.69) is 109 Å². The molecule has 4 heteroatoms. The van der Waals surface area contributed by atoms with Crippen LogP contribution in [0.25, 0.3) is 0 Å². The zero-order valence-corrected chi connectivity index (χ0v) is 42.1. The Labute approximate surface area is 378 Å². The van der Waals surface area contributed by atoms with Crippen LogP contribution < -0.4 is 0 Å². The quantitative estimate of drug-likeness (QED) is 0.255. The molecule has 0 saturated heterocycles. The summed E-state index contributed by atoms with van der Waals surface area (Å²) < 4.78 is 0. The van der Waals surface area contributed by atoms with E-state index in [1.165, 1.54) is 62.5 Å². The van der Waals surface area contributed by atoms with Gasteiger partial charge in [-0.25, -0.2) is 0 Å². The monoisotopic (exact) mass is 849 g/mol. The minimum atomic E-state index is -0.248. The van der Waals surface area contributed by atoms with Crippen LogP contribution in [-0.4, -0.2) is 34.0 Å². The molecule has 0 heterocycles. The van der Waals surface area contributed by atoms with E-state index in [0.717, 1.165) is 64.2 Å². The van der Waals surface area contributed by atoms with Gasteiger partial charge in [-0.3, -0.25) is 9.59 Å². The van der Waals surface area contributed by atoms with Crippen molar-refractivity contribution in [3.63, 3.8) is 0 Å². The maximum atomic E-state index is 14.1. The van der Waals surface area contributed by atoms with Crippen molar-refractivity contribution in [1.29, 1.82) is 0 Å². The van der Waals surface area contributed by atoms with Crippen LogP contribution in [0.1, 0.15) is 213 Å². The molecule has 0 spiro atoms. The number of carbonyl (C=O) groups is 2. The van der Waals surface area contributed by atoms with Gasteiger partial charge < -0.3 is 10.2 Å². The van der Waals surface area contributed by atoms with E-state index in [0.29, 0.717) is 34.2 Å². The molecule has 2 N–H and O–H groups in total. The zero-order chi connectivity index (χ0) is 45.2. The zero-order valence-electron chi connectivity index (χ0n) is 42.1. The van der Waals surface area contributed by atoms with Gasteiger partial charge in [0.1, 0.15) is 0 Å². The lowest BCUT2D eigenvalue weighted by molar-refractivity contribution is -0.196. The summed E-state index contributed by atoms with van der Waals surface area (Å²) in [5, 5.41) is 21.7. The first kappa shape index (κ1) is 45.4. The Balaban J connectivity index is 0.000000158. The molecule has 10 aliphatic carbocycles. The summed E-state index contributed by atoms with van der Waals surface area (Å²) in [6, 6.07) is 0.